The Kier molecular flexibility index (Phi) is 5.96. The minimum absolute atomic E-state index is 0.640. The predicted molar refractivity (Wildman–Crippen MR) is 124 cm³/mol. The van der Waals surface area contributed by atoms with Crippen molar-refractivity contribution in [2.24, 2.45) is 0 Å². The summed E-state index contributed by atoms with van der Waals surface area (Å²) in [6.07, 6.45) is 7.54. The molecule has 2 heterocycles. The molecule has 0 aromatic heterocycles. The maximum absolute atomic E-state index is 5.57. The highest BCUT2D eigenvalue weighted by Gasteiger charge is 2.31. The number of nitrogens with one attached hydrogen (secondary N) is 1. The van der Waals surface area contributed by atoms with Crippen molar-refractivity contribution < 1.29 is 4.74 Å². The summed E-state index contributed by atoms with van der Waals surface area (Å²) in [6.45, 7) is 4.69. The van der Waals surface area contributed by atoms with Gasteiger partial charge in [-0.05, 0) is 68.3 Å². The topological polar surface area (TPSA) is 27.7 Å². The molecule has 2 aliphatic heterocycles. The molecule has 0 radical (unpaired) electrons. The third-order valence-corrected chi connectivity index (χ3v) is 7.39. The van der Waals surface area contributed by atoms with E-state index in [1.165, 1.54) is 57.3 Å². The van der Waals surface area contributed by atoms with Gasteiger partial charge in [0.1, 0.15) is 5.75 Å². The van der Waals surface area contributed by atoms with Gasteiger partial charge in [-0.1, -0.05) is 36.4 Å². The van der Waals surface area contributed by atoms with Crippen LogP contribution in [0.1, 0.15) is 36.8 Å². The lowest BCUT2D eigenvalue weighted by Gasteiger charge is -2.41. The Morgan fingerprint density at radius 1 is 0.833 bits per heavy atom. The monoisotopic (exact) mass is 405 g/mol. The Morgan fingerprint density at radius 2 is 1.53 bits per heavy atom. The van der Waals surface area contributed by atoms with Crippen LogP contribution in [0.3, 0.4) is 0 Å². The van der Waals surface area contributed by atoms with Gasteiger partial charge in [0.2, 0.25) is 0 Å². The van der Waals surface area contributed by atoms with Crippen molar-refractivity contribution >= 4 is 5.69 Å². The van der Waals surface area contributed by atoms with Gasteiger partial charge in [0.15, 0.2) is 0 Å². The van der Waals surface area contributed by atoms with Crippen LogP contribution >= 0.6 is 0 Å². The average Bonchev–Trinajstić information content (AvgIpc) is 3.24. The second-order valence-corrected chi connectivity index (χ2v) is 9.26. The van der Waals surface area contributed by atoms with Gasteiger partial charge in [-0.2, -0.15) is 0 Å². The largest absolute Gasteiger partial charge is 0.495 e. The van der Waals surface area contributed by atoms with Crippen molar-refractivity contribution in [3.05, 3.63) is 59.7 Å². The zero-order chi connectivity index (χ0) is 20.3. The van der Waals surface area contributed by atoms with Crippen LogP contribution in [-0.4, -0.2) is 56.3 Å². The number of anilines is 1. The number of ether oxygens (including phenoxy) is 1. The molecule has 1 aliphatic carbocycles. The molecule has 3 aliphatic rings. The number of benzene rings is 2. The quantitative estimate of drug-likeness (QED) is 0.817. The molecule has 4 nitrogen and oxygen atoms in total. The van der Waals surface area contributed by atoms with Gasteiger partial charge in [-0.3, -0.25) is 4.90 Å². The lowest BCUT2D eigenvalue weighted by molar-refractivity contribution is 0.133. The fourth-order valence-electron chi connectivity index (χ4n) is 5.78. The van der Waals surface area contributed by atoms with E-state index < -0.39 is 0 Å². The van der Waals surface area contributed by atoms with Crippen molar-refractivity contribution in [3.8, 4) is 5.75 Å². The molecule has 2 aromatic rings. The third-order valence-electron chi connectivity index (χ3n) is 7.39. The van der Waals surface area contributed by atoms with Crippen LogP contribution in [-0.2, 0) is 12.8 Å². The van der Waals surface area contributed by atoms with Gasteiger partial charge in [0, 0.05) is 37.8 Å². The highest BCUT2D eigenvalue weighted by molar-refractivity contribution is 5.58. The number of fused-ring (bicyclic) bond motifs is 1. The van der Waals surface area contributed by atoms with Crippen molar-refractivity contribution in [2.45, 2.75) is 56.7 Å². The van der Waals surface area contributed by atoms with Crippen molar-refractivity contribution in [1.29, 1.82) is 0 Å². The first-order valence-electron chi connectivity index (χ1n) is 11.7. The minimum atomic E-state index is 0.640. The summed E-state index contributed by atoms with van der Waals surface area (Å²) < 4.78 is 5.57. The first-order chi connectivity index (χ1) is 14.8. The summed E-state index contributed by atoms with van der Waals surface area (Å²) in [5, 5.41) is 4.03. The zero-order valence-electron chi connectivity index (χ0n) is 18.2. The predicted octanol–water partition coefficient (Wildman–Crippen LogP) is 3.89. The summed E-state index contributed by atoms with van der Waals surface area (Å²) >= 11 is 0. The Labute approximate surface area is 181 Å². The molecule has 5 rings (SSSR count). The van der Waals surface area contributed by atoms with Gasteiger partial charge in [-0.25, -0.2) is 0 Å². The van der Waals surface area contributed by atoms with E-state index in [0.717, 1.165) is 18.8 Å². The zero-order valence-corrected chi connectivity index (χ0v) is 18.2. The molecule has 2 saturated heterocycles. The molecule has 0 saturated carbocycles. The van der Waals surface area contributed by atoms with Crippen molar-refractivity contribution in [2.75, 3.05) is 38.2 Å². The number of piperidine rings is 2. The number of hydrogen-bond acceptors (Lipinski definition) is 4. The summed E-state index contributed by atoms with van der Waals surface area (Å²) in [7, 11) is 1.77. The Morgan fingerprint density at radius 3 is 2.27 bits per heavy atom. The first kappa shape index (κ1) is 19.9. The van der Waals surface area contributed by atoms with Crippen LogP contribution in [0.25, 0.3) is 0 Å². The van der Waals surface area contributed by atoms with E-state index in [1.54, 1.807) is 18.2 Å². The third kappa shape index (κ3) is 4.21. The highest BCUT2D eigenvalue weighted by Crippen LogP contribution is 2.31. The lowest BCUT2D eigenvalue weighted by atomic mass is 9.98. The van der Waals surface area contributed by atoms with Crippen LogP contribution in [0.2, 0.25) is 0 Å². The summed E-state index contributed by atoms with van der Waals surface area (Å²) in [5.41, 5.74) is 4.38. The van der Waals surface area contributed by atoms with Gasteiger partial charge in [0.05, 0.1) is 12.8 Å². The second kappa shape index (κ2) is 8.99. The summed E-state index contributed by atoms with van der Waals surface area (Å²) in [6, 6.07) is 19.4. The van der Waals surface area contributed by atoms with E-state index in [1.807, 2.05) is 6.07 Å². The van der Waals surface area contributed by atoms with Crippen LogP contribution in [0, 0.1) is 0 Å². The van der Waals surface area contributed by atoms with E-state index in [4.69, 9.17) is 4.74 Å². The Bertz CT molecular complexity index is 821. The Hall–Kier alpha value is -2.04. The number of methoxy groups -OCH3 is 1. The molecule has 1 unspecified atom stereocenters. The first-order valence-corrected chi connectivity index (χ1v) is 11.7. The Balaban J connectivity index is 1.13. The minimum Gasteiger partial charge on any atom is -0.495 e. The molecule has 1 N–H and O–H groups in total. The molecular formula is C26H35N3O. The number of para-hydroxylation sites is 2. The highest BCUT2D eigenvalue weighted by atomic mass is 16.5. The molecule has 0 spiro atoms. The van der Waals surface area contributed by atoms with Crippen LogP contribution in [0.15, 0.2) is 48.5 Å². The molecule has 0 bridgehead atoms. The van der Waals surface area contributed by atoms with E-state index in [9.17, 15) is 0 Å². The standard InChI is InChI=1S/C26H35N3O/c1-30-26-11-5-4-10-25(26)28-15-12-22(13-16-28)27-23-9-6-14-29(19-23)24-17-20-7-2-3-8-21(20)18-24/h2-5,7-8,10-11,22-24,27H,6,9,12-19H2,1H3. The normalized spacial score (nSPS) is 23.5. The van der Waals surface area contributed by atoms with Gasteiger partial charge < -0.3 is 15.0 Å². The molecule has 30 heavy (non-hydrogen) atoms. The van der Waals surface area contributed by atoms with Gasteiger partial charge >= 0.3 is 0 Å². The maximum atomic E-state index is 5.57. The fraction of sp³-hybridized carbons (Fsp3) is 0.538. The molecule has 4 heteroatoms. The van der Waals surface area contributed by atoms with E-state index in [0.29, 0.717) is 18.1 Å². The van der Waals surface area contributed by atoms with Crippen molar-refractivity contribution in [1.82, 2.24) is 10.2 Å². The average molecular weight is 406 g/mol. The molecule has 2 aromatic carbocycles. The van der Waals surface area contributed by atoms with E-state index >= 15 is 0 Å². The molecule has 160 valence electrons. The summed E-state index contributed by atoms with van der Waals surface area (Å²) in [4.78, 5) is 5.26. The smallest absolute Gasteiger partial charge is 0.142 e. The second-order valence-electron chi connectivity index (χ2n) is 9.26. The van der Waals surface area contributed by atoms with E-state index in [-0.39, 0.29) is 0 Å². The number of nitrogens with zero attached hydrogens (tertiary/aromatic N) is 2. The van der Waals surface area contributed by atoms with E-state index in [2.05, 4.69) is 57.6 Å². The van der Waals surface area contributed by atoms with Crippen LogP contribution in [0.4, 0.5) is 5.69 Å². The number of hydrogen-bond donors (Lipinski definition) is 1. The molecule has 2 fully saturated rings. The molecule has 1 atom stereocenters. The SMILES string of the molecule is COc1ccccc1N1CCC(NC2CCCN(C3Cc4ccccc4C3)C2)CC1. The van der Waals surface area contributed by atoms with Crippen LogP contribution in [0.5, 0.6) is 5.75 Å². The number of rotatable bonds is 5. The van der Waals surface area contributed by atoms with Gasteiger partial charge in [0.25, 0.3) is 0 Å². The lowest BCUT2D eigenvalue weighted by Crippen LogP contribution is -2.54. The van der Waals surface area contributed by atoms with Crippen LogP contribution < -0.4 is 15.0 Å². The maximum Gasteiger partial charge on any atom is 0.142 e. The van der Waals surface area contributed by atoms with Crippen molar-refractivity contribution in [3.63, 3.8) is 0 Å². The summed E-state index contributed by atoms with van der Waals surface area (Å²) in [5.74, 6) is 0.990. The van der Waals surface area contributed by atoms with Gasteiger partial charge in [-0.15, -0.1) is 0 Å². The fourth-order valence-corrected chi connectivity index (χ4v) is 5.78. The number of likely N-dealkylation sites (tertiary alicyclic amines) is 1. The molecule has 0 amide bonds. The molecular weight excluding hydrogens is 370 g/mol.